The lowest BCUT2D eigenvalue weighted by molar-refractivity contribution is 0.426. The highest BCUT2D eigenvalue weighted by atomic mass is 16.3. The summed E-state index contributed by atoms with van der Waals surface area (Å²) in [6, 6.07) is 5.30. The molecular weight excluding hydrogens is 382 g/mol. The molecule has 0 amide bonds. The predicted octanol–water partition coefficient (Wildman–Crippen LogP) is 3.81. The Hall–Kier alpha value is -2.23. The van der Waals surface area contributed by atoms with Crippen molar-refractivity contribution >= 4 is 17.3 Å². The van der Waals surface area contributed by atoms with Gasteiger partial charge in [-0.3, -0.25) is 4.57 Å². The summed E-state index contributed by atoms with van der Waals surface area (Å²) in [4.78, 5) is 7.69. The maximum Gasteiger partial charge on any atom is 0.297 e. The SMILES string of the molecule is CCn1c(=NC2CCCC2)o/c(=C/c2cc3c4c(c2)CCCN4CCC3)c1=C1CCC1. The molecule has 0 radical (unpaired) electrons. The molecule has 2 saturated carbocycles. The molecule has 0 N–H and O–H groups in total. The first-order valence-electron chi connectivity index (χ1n) is 12.7. The van der Waals surface area contributed by atoms with Crippen molar-refractivity contribution in [1.29, 1.82) is 0 Å². The molecule has 4 aliphatic rings. The van der Waals surface area contributed by atoms with Crippen molar-refractivity contribution in [3.05, 3.63) is 45.3 Å². The Bertz CT molecular complexity index is 1140. The first kappa shape index (κ1) is 19.5. The van der Waals surface area contributed by atoms with Crippen molar-refractivity contribution in [2.24, 2.45) is 4.99 Å². The fourth-order valence-electron chi connectivity index (χ4n) is 6.13. The van der Waals surface area contributed by atoms with E-state index >= 15 is 0 Å². The van der Waals surface area contributed by atoms with Crippen LogP contribution in [0.4, 0.5) is 5.69 Å². The first-order chi connectivity index (χ1) is 15.3. The van der Waals surface area contributed by atoms with Gasteiger partial charge in [0.1, 0.15) is 0 Å². The molecule has 2 fully saturated rings. The molecule has 0 saturated heterocycles. The molecular formula is C27H35N3O. The first-order valence-corrected chi connectivity index (χ1v) is 12.7. The van der Waals surface area contributed by atoms with Gasteiger partial charge in [0, 0.05) is 25.3 Å². The molecule has 0 atom stereocenters. The zero-order chi connectivity index (χ0) is 20.8. The monoisotopic (exact) mass is 417 g/mol. The predicted molar refractivity (Wildman–Crippen MR) is 126 cm³/mol. The van der Waals surface area contributed by atoms with E-state index in [1.165, 1.54) is 94.6 Å². The third-order valence-electron chi connectivity index (χ3n) is 7.81. The van der Waals surface area contributed by atoms with E-state index in [1.54, 1.807) is 22.4 Å². The van der Waals surface area contributed by atoms with Gasteiger partial charge in [-0.15, -0.1) is 0 Å². The van der Waals surface area contributed by atoms with E-state index in [2.05, 4.69) is 34.6 Å². The summed E-state index contributed by atoms with van der Waals surface area (Å²) in [5, 5.41) is 1.32. The van der Waals surface area contributed by atoms with Crippen LogP contribution in [-0.4, -0.2) is 23.7 Å². The molecule has 2 aliphatic heterocycles. The van der Waals surface area contributed by atoms with Gasteiger partial charge >= 0.3 is 0 Å². The van der Waals surface area contributed by atoms with Gasteiger partial charge in [0.15, 0.2) is 5.42 Å². The van der Waals surface area contributed by atoms with Crippen LogP contribution in [0.1, 0.15) is 81.4 Å². The Balaban J connectivity index is 1.53. The molecule has 164 valence electrons. The number of aryl methyl sites for hydroxylation is 2. The quantitative estimate of drug-likeness (QED) is 0.761. The van der Waals surface area contributed by atoms with Crippen LogP contribution in [0.3, 0.4) is 0 Å². The van der Waals surface area contributed by atoms with Gasteiger partial charge in [-0.2, -0.15) is 0 Å². The lowest BCUT2D eigenvalue weighted by Crippen LogP contribution is -2.36. The van der Waals surface area contributed by atoms with Crippen molar-refractivity contribution in [1.82, 2.24) is 4.57 Å². The van der Waals surface area contributed by atoms with Crippen molar-refractivity contribution in [2.45, 2.75) is 90.1 Å². The van der Waals surface area contributed by atoms with Crippen LogP contribution in [0.2, 0.25) is 0 Å². The second-order valence-corrected chi connectivity index (χ2v) is 9.89. The Morgan fingerprint density at radius 3 is 2.29 bits per heavy atom. The van der Waals surface area contributed by atoms with E-state index in [4.69, 9.17) is 9.41 Å². The highest BCUT2D eigenvalue weighted by Gasteiger charge is 2.24. The van der Waals surface area contributed by atoms with E-state index in [0.29, 0.717) is 6.04 Å². The fraction of sp³-hybridized carbons (Fsp3) is 0.593. The minimum atomic E-state index is 0.440. The summed E-state index contributed by atoms with van der Waals surface area (Å²) in [6.07, 6.45) is 16.0. The molecule has 2 aliphatic carbocycles. The summed E-state index contributed by atoms with van der Waals surface area (Å²) in [5.74, 6) is 0. The van der Waals surface area contributed by atoms with Crippen molar-refractivity contribution < 1.29 is 4.42 Å². The Labute approximate surface area is 185 Å². The van der Waals surface area contributed by atoms with Crippen LogP contribution in [0.5, 0.6) is 0 Å². The molecule has 6 rings (SSSR count). The van der Waals surface area contributed by atoms with E-state index in [1.807, 2.05) is 0 Å². The molecule has 0 spiro atoms. The van der Waals surface area contributed by atoms with Crippen LogP contribution in [0, 0.1) is 0 Å². The summed E-state index contributed by atoms with van der Waals surface area (Å²) in [7, 11) is 0. The van der Waals surface area contributed by atoms with Gasteiger partial charge in [-0.1, -0.05) is 12.8 Å². The number of rotatable bonds is 3. The second kappa shape index (κ2) is 8.03. The molecule has 2 aromatic rings. The lowest BCUT2D eigenvalue weighted by atomic mass is 9.89. The Morgan fingerprint density at radius 1 is 0.968 bits per heavy atom. The van der Waals surface area contributed by atoms with Crippen molar-refractivity contribution in [2.75, 3.05) is 18.0 Å². The maximum absolute atomic E-state index is 6.52. The van der Waals surface area contributed by atoms with Gasteiger partial charge in [0.2, 0.25) is 0 Å². The smallest absolute Gasteiger partial charge is 0.297 e. The molecule has 3 heterocycles. The standard InChI is InChI=1S/C27H35N3O/c1-2-30-26(20-8-5-9-20)24(31-27(30)28-23-12-3-4-13-23)18-19-16-21-10-6-14-29-15-7-11-22(17-19)25(21)29/h16-18,23H,2-15H2,1H3/b24-18+,28-27?. The van der Waals surface area contributed by atoms with Crippen LogP contribution < -0.4 is 21.3 Å². The van der Waals surface area contributed by atoms with Gasteiger partial charge in [-0.05, 0) is 105 Å². The van der Waals surface area contributed by atoms with Crippen molar-refractivity contribution in [3.63, 3.8) is 0 Å². The third kappa shape index (κ3) is 3.48. The summed E-state index contributed by atoms with van der Waals surface area (Å²) in [5.41, 5.74) is 9.36. The summed E-state index contributed by atoms with van der Waals surface area (Å²) in [6.45, 7) is 5.61. The average molecular weight is 418 g/mol. The molecule has 0 unspecified atom stereocenters. The zero-order valence-corrected chi connectivity index (χ0v) is 19.0. The van der Waals surface area contributed by atoms with Gasteiger partial charge < -0.3 is 9.32 Å². The third-order valence-corrected chi connectivity index (χ3v) is 7.81. The summed E-state index contributed by atoms with van der Waals surface area (Å²) >= 11 is 0. The van der Waals surface area contributed by atoms with Crippen molar-refractivity contribution in [3.8, 4) is 0 Å². The number of hydrogen-bond acceptors (Lipinski definition) is 3. The molecule has 31 heavy (non-hydrogen) atoms. The number of anilines is 1. The minimum Gasteiger partial charge on any atom is -0.423 e. The number of hydrogen-bond donors (Lipinski definition) is 0. The van der Waals surface area contributed by atoms with Gasteiger partial charge in [0.25, 0.3) is 5.68 Å². The molecule has 4 heteroatoms. The number of benzene rings is 1. The maximum atomic E-state index is 6.52. The van der Waals surface area contributed by atoms with E-state index in [9.17, 15) is 0 Å². The topological polar surface area (TPSA) is 33.7 Å². The van der Waals surface area contributed by atoms with Crippen LogP contribution in [-0.2, 0) is 19.4 Å². The fourth-order valence-corrected chi connectivity index (χ4v) is 6.13. The second-order valence-electron chi connectivity index (χ2n) is 9.89. The average Bonchev–Trinajstić information content (AvgIpc) is 3.36. The highest BCUT2D eigenvalue weighted by molar-refractivity contribution is 5.67. The number of oxazole rings is 1. The summed E-state index contributed by atoms with van der Waals surface area (Å²) < 4.78 is 8.87. The molecule has 0 bridgehead atoms. The number of aromatic nitrogens is 1. The van der Waals surface area contributed by atoms with Gasteiger partial charge in [0.05, 0.1) is 11.4 Å². The molecule has 4 nitrogen and oxygen atoms in total. The molecule has 1 aromatic carbocycles. The largest absolute Gasteiger partial charge is 0.423 e. The van der Waals surface area contributed by atoms with Crippen LogP contribution in [0.15, 0.2) is 21.5 Å². The highest BCUT2D eigenvalue weighted by Crippen LogP contribution is 2.36. The van der Waals surface area contributed by atoms with Crippen LogP contribution >= 0.6 is 0 Å². The van der Waals surface area contributed by atoms with E-state index < -0.39 is 0 Å². The van der Waals surface area contributed by atoms with Gasteiger partial charge in [-0.25, -0.2) is 4.99 Å². The normalized spacial score (nSPS) is 22.2. The Kier molecular flexibility index (Phi) is 5.04. The van der Waals surface area contributed by atoms with E-state index in [-0.39, 0.29) is 0 Å². The van der Waals surface area contributed by atoms with E-state index in [0.717, 1.165) is 17.6 Å². The lowest BCUT2D eigenvalue weighted by Gasteiger charge is -2.37. The van der Waals surface area contributed by atoms with Crippen LogP contribution in [0.25, 0.3) is 11.6 Å². The molecule has 1 aromatic heterocycles. The Morgan fingerprint density at radius 2 is 1.68 bits per heavy atom. The number of nitrogens with zero attached hydrogens (tertiary/aromatic N) is 3. The zero-order valence-electron chi connectivity index (χ0n) is 19.0. The minimum absolute atomic E-state index is 0.440.